The highest BCUT2D eigenvalue weighted by molar-refractivity contribution is 7.92. The Bertz CT molecular complexity index is 1550. The largest absolute Gasteiger partial charge is 0.493 e. The van der Waals surface area contributed by atoms with Crippen molar-refractivity contribution in [3.8, 4) is 5.75 Å². The molecule has 1 amide bonds. The Labute approximate surface area is 201 Å². The molecule has 0 fully saturated rings. The fourth-order valence-corrected chi connectivity index (χ4v) is 4.63. The Morgan fingerprint density at radius 1 is 0.943 bits per heavy atom. The molecule has 1 heterocycles. The first-order valence-corrected chi connectivity index (χ1v) is 12.1. The second kappa shape index (κ2) is 9.90. The third-order valence-electron chi connectivity index (χ3n) is 5.18. The fourth-order valence-electron chi connectivity index (χ4n) is 3.55. The van der Waals surface area contributed by atoms with E-state index >= 15 is 0 Å². The molecular formula is C25H23N3O6S. The maximum Gasteiger partial charge on any atom is 0.336 e. The summed E-state index contributed by atoms with van der Waals surface area (Å²) in [6.07, 6.45) is 0. The fraction of sp³-hybridized carbons (Fsp3) is 0.120. The monoisotopic (exact) mass is 493 g/mol. The molecule has 0 saturated carbocycles. The van der Waals surface area contributed by atoms with Crippen molar-refractivity contribution in [1.82, 2.24) is 0 Å². The minimum absolute atomic E-state index is 0.0533. The second-order valence-electron chi connectivity index (χ2n) is 7.63. The molecule has 0 spiro atoms. The number of anilines is 3. The molecule has 4 aromatic rings. The van der Waals surface area contributed by atoms with E-state index in [0.29, 0.717) is 40.3 Å². The summed E-state index contributed by atoms with van der Waals surface area (Å²) in [6.45, 7) is 1.71. The van der Waals surface area contributed by atoms with E-state index in [2.05, 4.69) is 15.4 Å². The number of rotatable bonds is 8. The molecule has 0 atom stereocenters. The molecule has 10 heteroatoms. The number of amides is 1. The minimum atomic E-state index is -3.88. The lowest BCUT2D eigenvalue weighted by Crippen LogP contribution is -2.15. The molecule has 180 valence electrons. The van der Waals surface area contributed by atoms with Crippen LogP contribution in [-0.4, -0.2) is 21.4 Å². The molecule has 0 saturated heterocycles. The summed E-state index contributed by atoms with van der Waals surface area (Å²) < 4.78 is 39.1. The molecule has 0 radical (unpaired) electrons. The number of fused-ring (bicyclic) bond motifs is 1. The van der Waals surface area contributed by atoms with Crippen LogP contribution in [0.1, 0.15) is 12.5 Å². The zero-order valence-electron chi connectivity index (χ0n) is 19.0. The van der Waals surface area contributed by atoms with Gasteiger partial charge in [0.2, 0.25) is 5.91 Å². The number of benzene rings is 3. The molecule has 0 aliphatic rings. The van der Waals surface area contributed by atoms with Crippen molar-refractivity contribution in [1.29, 1.82) is 0 Å². The topological polar surface area (TPSA) is 127 Å². The number of carbonyl (C=O) groups is 1. The first-order chi connectivity index (χ1) is 16.8. The lowest BCUT2D eigenvalue weighted by molar-refractivity contribution is -0.114. The van der Waals surface area contributed by atoms with Gasteiger partial charge in [-0.3, -0.25) is 9.52 Å². The molecule has 3 N–H and O–H groups in total. The highest BCUT2D eigenvalue weighted by Crippen LogP contribution is 2.30. The van der Waals surface area contributed by atoms with E-state index in [0.717, 1.165) is 5.56 Å². The highest BCUT2D eigenvalue weighted by atomic mass is 32.2. The van der Waals surface area contributed by atoms with Gasteiger partial charge < -0.3 is 19.8 Å². The maximum atomic E-state index is 13.0. The van der Waals surface area contributed by atoms with Gasteiger partial charge in [0.05, 0.1) is 23.4 Å². The van der Waals surface area contributed by atoms with Crippen molar-refractivity contribution in [2.24, 2.45) is 0 Å². The summed E-state index contributed by atoms with van der Waals surface area (Å²) in [6, 6.07) is 19.3. The van der Waals surface area contributed by atoms with Gasteiger partial charge in [-0.1, -0.05) is 18.2 Å². The average molecular weight is 494 g/mol. The van der Waals surface area contributed by atoms with E-state index in [4.69, 9.17) is 9.15 Å². The van der Waals surface area contributed by atoms with E-state index in [1.165, 1.54) is 44.4 Å². The Balaban J connectivity index is 1.56. The van der Waals surface area contributed by atoms with Crippen molar-refractivity contribution in [3.63, 3.8) is 0 Å². The zero-order valence-corrected chi connectivity index (χ0v) is 19.8. The van der Waals surface area contributed by atoms with Gasteiger partial charge in [-0.2, -0.15) is 0 Å². The van der Waals surface area contributed by atoms with Crippen LogP contribution in [-0.2, 0) is 21.4 Å². The number of hydrogen-bond acceptors (Lipinski definition) is 7. The van der Waals surface area contributed by atoms with Crippen LogP contribution in [0.3, 0.4) is 0 Å². The number of nitrogens with one attached hydrogen (secondary N) is 3. The van der Waals surface area contributed by atoms with Crippen molar-refractivity contribution in [2.45, 2.75) is 18.4 Å². The van der Waals surface area contributed by atoms with Crippen molar-refractivity contribution >= 4 is 44.0 Å². The predicted molar refractivity (Wildman–Crippen MR) is 134 cm³/mol. The maximum absolute atomic E-state index is 13.0. The van der Waals surface area contributed by atoms with Gasteiger partial charge in [0, 0.05) is 30.6 Å². The zero-order chi connectivity index (χ0) is 25.0. The van der Waals surface area contributed by atoms with Gasteiger partial charge in [0.15, 0.2) is 11.3 Å². The minimum Gasteiger partial charge on any atom is -0.493 e. The predicted octanol–water partition coefficient (Wildman–Crippen LogP) is 4.17. The van der Waals surface area contributed by atoms with Gasteiger partial charge in [-0.05, 0) is 54.1 Å². The molecule has 35 heavy (non-hydrogen) atoms. The molecule has 0 unspecified atom stereocenters. The van der Waals surface area contributed by atoms with Gasteiger partial charge in [0.1, 0.15) is 0 Å². The number of carbonyl (C=O) groups excluding carboxylic acids is 1. The highest BCUT2D eigenvalue weighted by Gasteiger charge is 2.17. The van der Waals surface area contributed by atoms with Crippen LogP contribution in [0, 0.1) is 0 Å². The molecule has 4 rings (SSSR count). The standard InChI is InChI=1S/C25H23N3O6S/c1-16(29)27-18-8-10-19(11-9-18)35(31,32)28-22-6-4-3-5-21(22)26-15-17-7-13-23(33-2)25-20(17)12-14-24(30)34-25/h3-14,26,28H,15H2,1-2H3,(H,27,29). The Morgan fingerprint density at radius 2 is 1.66 bits per heavy atom. The summed E-state index contributed by atoms with van der Waals surface area (Å²) in [5, 5.41) is 6.55. The van der Waals surface area contributed by atoms with Crippen LogP contribution in [0.4, 0.5) is 17.1 Å². The number of para-hydroxylation sites is 2. The summed E-state index contributed by atoms with van der Waals surface area (Å²) >= 11 is 0. The Morgan fingerprint density at radius 3 is 2.34 bits per heavy atom. The van der Waals surface area contributed by atoms with Gasteiger partial charge in [-0.15, -0.1) is 0 Å². The molecule has 3 aromatic carbocycles. The Kier molecular flexibility index (Phi) is 6.74. The summed E-state index contributed by atoms with van der Waals surface area (Å²) in [5.74, 6) is 0.199. The lowest BCUT2D eigenvalue weighted by atomic mass is 10.1. The normalized spacial score (nSPS) is 11.1. The number of sulfonamides is 1. The second-order valence-corrected chi connectivity index (χ2v) is 9.32. The molecular weight excluding hydrogens is 470 g/mol. The van der Waals surface area contributed by atoms with Crippen LogP contribution in [0.15, 0.2) is 86.9 Å². The summed E-state index contributed by atoms with van der Waals surface area (Å²) in [4.78, 5) is 22.9. The molecule has 0 aliphatic carbocycles. The molecule has 9 nitrogen and oxygen atoms in total. The van der Waals surface area contributed by atoms with Gasteiger partial charge in [0.25, 0.3) is 10.0 Å². The average Bonchev–Trinajstić information content (AvgIpc) is 2.83. The van der Waals surface area contributed by atoms with Crippen LogP contribution >= 0.6 is 0 Å². The van der Waals surface area contributed by atoms with Crippen LogP contribution in [0.2, 0.25) is 0 Å². The van der Waals surface area contributed by atoms with E-state index in [1.54, 1.807) is 36.4 Å². The van der Waals surface area contributed by atoms with E-state index in [9.17, 15) is 18.0 Å². The first-order valence-electron chi connectivity index (χ1n) is 10.6. The number of methoxy groups -OCH3 is 1. The number of hydrogen-bond donors (Lipinski definition) is 3. The van der Waals surface area contributed by atoms with Crippen molar-refractivity contribution in [2.75, 3.05) is 22.5 Å². The van der Waals surface area contributed by atoms with E-state index in [1.807, 2.05) is 6.07 Å². The summed E-state index contributed by atoms with van der Waals surface area (Å²) in [7, 11) is -2.39. The molecule has 1 aromatic heterocycles. The summed E-state index contributed by atoms with van der Waals surface area (Å²) in [5.41, 5.74) is 2.12. The van der Waals surface area contributed by atoms with Crippen LogP contribution in [0.25, 0.3) is 11.0 Å². The van der Waals surface area contributed by atoms with Crippen molar-refractivity contribution < 1.29 is 22.4 Å². The third kappa shape index (κ3) is 5.44. The third-order valence-corrected chi connectivity index (χ3v) is 6.57. The smallest absolute Gasteiger partial charge is 0.336 e. The van der Waals surface area contributed by atoms with E-state index < -0.39 is 15.6 Å². The van der Waals surface area contributed by atoms with Crippen molar-refractivity contribution in [3.05, 3.63) is 88.8 Å². The van der Waals surface area contributed by atoms with Crippen LogP contribution in [0.5, 0.6) is 5.75 Å². The quantitative estimate of drug-likeness (QED) is 0.314. The lowest BCUT2D eigenvalue weighted by Gasteiger charge is -2.15. The van der Waals surface area contributed by atoms with Gasteiger partial charge >= 0.3 is 5.63 Å². The molecule has 0 bridgehead atoms. The number of ether oxygens (including phenoxy) is 1. The van der Waals surface area contributed by atoms with E-state index in [-0.39, 0.29) is 10.8 Å². The Hall–Kier alpha value is -4.31. The molecule has 0 aliphatic heterocycles. The van der Waals surface area contributed by atoms with Crippen LogP contribution < -0.4 is 25.7 Å². The first kappa shape index (κ1) is 23.8. The SMILES string of the molecule is COc1ccc(CNc2ccccc2NS(=O)(=O)c2ccc(NC(C)=O)cc2)c2ccc(=O)oc12. The van der Waals surface area contributed by atoms with Gasteiger partial charge in [-0.25, -0.2) is 13.2 Å².